The molecule has 4 rings (SSSR count). The van der Waals surface area contributed by atoms with E-state index in [-0.39, 0.29) is 0 Å². The van der Waals surface area contributed by atoms with Gasteiger partial charge in [-0.3, -0.25) is 4.40 Å². The number of aromatic nitrogens is 2. The molecule has 2 N–H and O–H groups in total. The van der Waals surface area contributed by atoms with Gasteiger partial charge in [-0.2, -0.15) is 0 Å². The van der Waals surface area contributed by atoms with Gasteiger partial charge in [0.15, 0.2) is 10.7 Å². The summed E-state index contributed by atoms with van der Waals surface area (Å²) in [4.78, 5) is 5.66. The first-order valence-corrected chi connectivity index (χ1v) is 6.77. The van der Waals surface area contributed by atoms with E-state index in [1.165, 1.54) is 10.2 Å². The monoisotopic (exact) mass is 264 g/mol. The highest BCUT2D eigenvalue weighted by Gasteiger charge is 2.17. The maximum absolute atomic E-state index is 5.98. The molecule has 3 aromatic rings. The maximum atomic E-state index is 5.98. The molecule has 0 saturated heterocycles. The van der Waals surface area contributed by atoms with E-state index >= 15 is 0 Å². The number of hydrogen-bond donors (Lipinski definition) is 1. The fourth-order valence-corrected chi connectivity index (χ4v) is 3.26. The molecule has 4 heteroatoms. The molecule has 0 unspecified atom stereocenters. The maximum Gasteiger partial charge on any atom is 0.195 e. The van der Waals surface area contributed by atoms with Gasteiger partial charge in [0.1, 0.15) is 23.4 Å². The van der Waals surface area contributed by atoms with Gasteiger partial charge in [-0.05, 0) is 12.1 Å². The highest BCUT2D eigenvalue weighted by molar-refractivity contribution is 7.23. The lowest BCUT2D eigenvalue weighted by Crippen LogP contribution is -2.00. The lowest BCUT2D eigenvalue weighted by Gasteiger charge is -1.95. The molecular formula is C15H10N3S+. The van der Waals surface area contributed by atoms with Crippen molar-refractivity contribution < 1.29 is 0 Å². The highest BCUT2D eigenvalue weighted by atomic mass is 32.1. The number of fused-ring (bicyclic) bond motifs is 3. The van der Waals surface area contributed by atoms with Gasteiger partial charge in [0.05, 0.1) is 16.3 Å². The third-order valence-electron chi connectivity index (χ3n) is 3.17. The first-order chi connectivity index (χ1) is 9.33. The van der Waals surface area contributed by atoms with E-state index in [1.807, 2.05) is 30.5 Å². The summed E-state index contributed by atoms with van der Waals surface area (Å²) >= 11 is 1.69. The summed E-state index contributed by atoms with van der Waals surface area (Å²) in [6.07, 6.45) is 10.6. The zero-order chi connectivity index (χ0) is 12.8. The van der Waals surface area contributed by atoms with Crippen molar-refractivity contribution in [2.45, 2.75) is 0 Å². The lowest BCUT2D eigenvalue weighted by atomic mass is 10.1. The molecule has 19 heavy (non-hydrogen) atoms. The van der Waals surface area contributed by atoms with Crippen LogP contribution in [0.4, 0.5) is 0 Å². The van der Waals surface area contributed by atoms with Crippen molar-refractivity contribution in [1.29, 1.82) is 0 Å². The Bertz CT molecular complexity index is 877. The van der Waals surface area contributed by atoms with Crippen molar-refractivity contribution in [2.24, 2.45) is 5.73 Å². The number of nitrogens with two attached hydrogens (primary N) is 1. The molecule has 3 nitrogen and oxygen atoms in total. The number of para-hydroxylation sites is 1. The van der Waals surface area contributed by atoms with E-state index in [9.17, 15) is 0 Å². The fourth-order valence-electron chi connectivity index (χ4n) is 2.26. The second kappa shape index (κ2) is 3.79. The Morgan fingerprint density at radius 3 is 3.05 bits per heavy atom. The zero-order valence-electron chi connectivity index (χ0n) is 10.00. The quantitative estimate of drug-likeness (QED) is 0.686. The molecule has 0 bridgehead atoms. The summed E-state index contributed by atoms with van der Waals surface area (Å²) < 4.78 is 3.36. The molecule has 1 aliphatic rings. The number of rotatable bonds is 1. The third-order valence-corrected chi connectivity index (χ3v) is 4.21. The van der Waals surface area contributed by atoms with Gasteiger partial charge in [0.2, 0.25) is 0 Å². The van der Waals surface area contributed by atoms with Crippen molar-refractivity contribution in [3.8, 4) is 0 Å². The molecule has 0 radical (unpaired) electrons. The van der Waals surface area contributed by atoms with Crippen LogP contribution < -0.4 is 5.73 Å². The SMILES string of the molecule is NC1=C(c2cn3c(n2)sc2ccccc23)C=C[C+]=C1. The average molecular weight is 264 g/mol. The normalized spacial score (nSPS) is 14.5. The third kappa shape index (κ3) is 1.51. The van der Waals surface area contributed by atoms with Crippen molar-refractivity contribution in [3.63, 3.8) is 0 Å². The van der Waals surface area contributed by atoms with E-state index in [1.54, 1.807) is 17.4 Å². The molecule has 0 saturated carbocycles. The van der Waals surface area contributed by atoms with E-state index in [4.69, 9.17) is 5.73 Å². The lowest BCUT2D eigenvalue weighted by molar-refractivity contribution is 1.29. The van der Waals surface area contributed by atoms with Crippen LogP contribution in [0.2, 0.25) is 0 Å². The molecule has 0 fully saturated rings. The number of nitrogens with zero attached hydrogens (tertiary/aromatic N) is 2. The summed E-state index contributed by atoms with van der Waals surface area (Å²) in [5, 5.41) is 0. The molecule has 2 heterocycles. The van der Waals surface area contributed by atoms with E-state index in [0.717, 1.165) is 16.2 Å². The predicted molar refractivity (Wildman–Crippen MR) is 78.6 cm³/mol. The Hall–Kier alpha value is -2.42. The Morgan fingerprint density at radius 1 is 1.26 bits per heavy atom. The highest BCUT2D eigenvalue weighted by Crippen LogP contribution is 2.29. The van der Waals surface area contributed by atoms with Crippen molar-refractivity contribution in [1.82, 2.24) is 9.38 Å². The van der Waals surface area contributed by atoms with E-state index in [0.29, 0.717) is 5.70 Å². The first kappa shape index (κ1) is 10.5. The van der Waals surface area contributed by atoms with E-state index in [2.05, 4.69) is 27.6 Å². The second-order valence-electron chi connectivity index (χ2n) is 4.36. The van der Waals surface area contributed by atoms with E-state index < -0.39 is 0 Å². The minimum atomic E-state index is 0.706. The molecule has 1 aliphatic carbocycles. The van der Waals surface area contributed by atoms with Crippen LogP contribution in [0.15, 0.2) is 54.4 Å². The Balaban J connectivity index is 1.98. The van der Waals surface area contributed by atoms with Gasteiger partial charge in [0.25, 0.3) is 0 Å². The minimum absolute atomic E-state index is 0.706. The smallest absolute Gasteiger partial charge is 0.195 e. The van der Waals surface area contributed by atoms with Gasteiger partial charge in [0, 0.05) is 12.3 Å². The van der Waals surface area contributed by atoms with Gasteiger partial charge in [-0.1, -0.05) is 23.5 Å². The largest absolute Gasteiger partial charge is 0.346 e. The first-order valence-electron chi connectivity index (χ1n) is 5.95. The molecule has 0 aliphatic heterocycles. The number of benzene rings is 1. The minimum Gasteiger partial charge on any atom is -0.346 e. The topological polar surface area (TPSA) is 43.3 Å². The Labute approximate surface area is 114 Å². The van der Waals surface area contributed by atoms with Crippen molar-refractivity contribution >= 4 is 32.1 Å². The molecule has 0 spiro atoms. The summed E-state index contributed by atoms with van der Waals surface area (Å²) in [6, 6.07) is 8.30. The zero-order valence-corrected chi connectivity index (χ0v) is 10.8. The van der Waals surface area contributed by atoms with Crippen molar-refractivity contribution in [2.75, 3.05) is 0 Å². The number of imidazole rings is 1. The molecule has 90 valence electrons. The summed E-state index contributed by atoms with van der Waals surface area (Å²) in [7, 11) is 0. The number of hydrogen-bond acceptors (Lipinski definition) is 3. The molecule has 0 amide bonds. The van der Waals surface area contributed by atoms with Crippen LogP contribution in [0.1, 0.15) is 5.69 Å². The molecule has 2 aromatic heterocycles. The van der Waals surface area contributed by atoms with Crippen molar-refractivity contribution in [3.05, 3.63) is 66.2 Å². The predicted octanol–water partition coefficient (Wildman–Crippen LogP) is 3.15. The van der Waals surface area contributed by atoms with Crippen LogP contribution in [-0.2, 0) is 0 Å². The molecule has 1 aromatic carbocycles. The van der Waals surface area contributed by atoms with Gasteiger partial charge >= 0.3 is 0 Å². The summed E-state index contributed by atoms with van der Waals surface area (Å²) in [6.45, 7) is 0. The fraction of sp³-hybridized carbons (Fsp3) is 0. The van der Waals surface area contributed by atoms with Gasteiger partial charge in [-0.25, -0.2) is 4.98 Å². The van der Waals surface area contributed by atoms with Crippen LogP contribution >= 0.6 is 11.3 Å². The van der Waals surface area contributed by atoms with Crippen LogP contribution in [0, 0.1) is 6.08 Å². The number of thiazole rings is 1. The standard InChI is InChI=1S/C15H10N3S/c16-11-6-2-1-5-10(11)12-9-18-13-7-3-4-8-14(13)19-15(18)17-12/h1,3-9H,16H2/q+1. The number of allylic oxidation sites excluding steroid dienone is 5. The average Bonchev–Trinajstić information content (AvgIpc) is 2.96. The molecular weight excluding hydrogens is 254 g/mol. The van der Waals surface area contributed by atoms with Crippen LogP contribution in [0.25, 0.3) is 20.8 Å². The van der Waals surface area contributed by atoms with Crippen LogP contribution in [-0.4, -0.2) is 9.38 Å². The van der Waals surface area contributed by atoms with Gasteiger partial charge < -0.3 is 5.73 Å². The molecule has 0 atom stereocenters. The second-order valence-corrected chi connectivity index (χ2v) is 5.37. The summed E-state index contributed by atoms with van der Waals surface area (Å²) in [5.41, 5.74) is 9.73. The van der Waals surface area contributed by atoms with Gasteiger partial charge in [-0.15, -0.1) is 0 Å². The van der Waals surface area contributed by atoms with Crippen LogP contribution in [0.5, 0.6) is 0 Å². The van der Waals surface area contributed by atoms with Crippen LogP contribution in [0.3, 0.4) is 0 Å². The Morgan fingerprint density at radius 2 is 2.16 bits per heavy atom. The summed E-state index contributed by atoms with van der Waals surface area (Å²) in [5.74, 6) is 0. The Kier molecular flexibility index (Phi) is 2.09.